The first-order valence-electron chi connectivity index (χ1n) is 8.48. The van der Waals surface area contributed by atoms with Crippen molar-refractivity contribution in [2.45, 2.75) is 6.92 Å². The van der Waals surface area contributed by atoms with Gasteiger partial charge in [-0.2, -0.15) is 4.37 Å². The molecule has 2 aromatic carbocycles. The van der Waals surface area contributed by atoms with Gasteiger partial charge >= 0.3 is 5.97 Å². The van der Waals surface area contributed by atoms with E-state index in [2.05, 4.69) is 24.9 Å². The normalized spacial score (nSPS) is 11.5. The van der Waals surface area contributed by atoms with Crippen molar-refractivity contribution in [2.75, 3.05) is 11.9 Å². The number of azo groups is 1. The monoisotopic (exact) mass is 393 g/mol. The van der Waals surface area contributed by atoms with E-state index in [0.717, 1.165) is 22.6 Å². The zero-order chi connectivity index (χ0) is 19.7. The summed E-state index contributed by atoms with van der Waals surface area (Å²) >= 11 is 1.16. The number of aromatic nitrogens is 2. The van der Waals surface area contributed by atoms with Crippen molar-refractivity contribution >= 4 is 55.7 Å². The second-order valence-corrected chi connectivity index (χ2v) is 6.67. The lowest BCUT2D eigenvalue weighted by Gasteiger charge is -2.12. The Morgan fingerprint density at radius 1 is 1.21 bits per heavy atom. The molecular weight excluding hydrogens is 378 g/mol. The van der Waals surface area contributed by atoms with Crippen LogP contribution in [0.5, 0.6) is 5.75 Å². The number of rotatable bonds is 5. The first-order valence-corrected chi connectivity index (χ1v) is 9.25. The van der Waals surface area contributed by atoms with Crippen molar-refractivity contribution < 1.29 is 15.0 Å². The number of aromatic hydroxyl groups is 1. The lowest BCUT2D eigenvalue weighted by Crippen LogP contribution is -2.00. The summed E-state index contributed by atoms with van der Waals surface area (Å²) in [6.07, 6.45) is 1.65. The van der Waals surface area contributed by atoms with Crippen LogP contribution >= 0.6 is 11.5 Å². The Morgan fingerprint density at radius 2 is 2.04 bits per heavy atom. The Hall–Kier alpha value is -3.59. The van der Waals surface area contributed by atoms with Crippen molar-refractivity contribution in [3.05, 3.63) is 48.2 Å². The van der Waals surface area contributed by atoms with Crippen LogP contribution in [-0.4, -0.2) is 32.1 Å². The highest BCUT2D eigenvalue weighted by molar-refractivity contribution is 7.11. The van der Waals surface area contributed by atoms with Gasteiger partial charge in [0.05, 0.1) is 11.1 Å². The standard InChI is InChI=1S/C19H15N5O3S/c1-2-20-13-7-3-5-10-15(13)14(9-12(16(10)25)19(26)27)22-23-18-11-6-4-8-21-17(11)24-28-18/h3-9,20,25H,2H2,1H3,(H,26,27). The fraction of sp³-hybridized carbons (Fsp3) is 0.105. The number of anilines is 1. The van der Waals surface area contributed by atoms with E-state index in [9.17, 15) is 15.0 Å². The van der Waals surface area contributed by atoms with Gasteiger partial charge < -0.3 is 15.5 Å². The summed E-state index contributed by atoms with van der Waals surface area (Å²) in [4.78, 5) is 15.7. The number of fused-ring (bicyclic) bond motifs is 2. The SMILES string of the molecule is CCNc1cccc2c(O)c(C(=O)O)cc(N=Nc3snc4ncccc34)c12. The van der Waals surface area contributed by atoms with E-state index in [1.807, 2.05) is 19.1 Å². The average molecular weight is 393 g/mol. The fourth-order valence-electron chi connectivity index (χ4n) is 2.97. The number of carbonyl (C=O) groups is 1. The summed E-state index contributed by atoms with van der Waals surface area (Å²) in [5.41, 5.74) is 1.42. The molecule has 9 heteroatoms. The Balaban J connectivity index is 1.94. The Bertz CT molecular complexity index is 1240. The van der Waals surface area contributed by atoms with Gasteiger partial charge in [-0.3, -0.25) is 0 Å². The summed E-state index contributed by atoms with van der Waals surface area (Å²) in [7, 11) is 0. The molecule has 0 aliphatic rings. The van der Waals surface area contributed by atoms with Crippen molar-refractivity contribution in [1.29, 1.82) is 0 Å². The van der Waals surface area contributed by atoms with Gasteiger partial charge in [-0.25, -0.2) is 9.78 Å². The maximum Gasteiger partial charge on any atom is 0.339 e. The van der Waals surface area contributed by atoms with E-state index in [1.165, 1.54) is 6.07 Å². The molecule has 28 heavy (non-hydrogen) atoms. The number of carboxylic acids is 1. The number of pyridine rings is 1. The van der Waals surface area contributed by atoms with E-state index in [-0.39, 0.29) is 11.3 Å². The van der Waals surface area contributed by atoms with E-state index >= 15 is 0 Å². The highest BCUT2D eigenvalue weighted by atomic mass is 32.1. The van der Waals surface area contributed by atoms with Crippen LogP contribution in [-0.2, 0) is 0 Å². The number of hydrogen-bond donors (Lipinski definition) is 3. The maximum absolute atomic E-state index is 11.6. The minimum atomic E-state index is -1.24. The van der Waals surface area contributed by atoms with Crippen LogP contribution in [0.2, 0.25) is 0 Å². The molecule has 0 saturated carbocycles. The molecule has 0 bridgehead atoms. The quantitative estimate of drug-likeness (QED) is 0.406. The van der Waals surface area contributed by atoms with Crippen molar-refractivity contribution in [1.82, 2.24) is 9.36 Å². The van der Waals surface area contributed by atoms with Gasteiger partial charge in [0.2, 0.25) is 0 Å². The van der Waals surface area contributed by atoms with Gasteiger partial charge in [0.15, 0.2) is 10.6 Å². The Labute approximate surface area is 163 Å². The zero-order valence-electron chi connectivity index (χ0n) is 14.7. The van der Waals surface area contributed by atoms with Gasteiger partial charge in [0.25, 0.3) is 0 Å². The fourth-order valence-corrected chi connectivity index (χ4v) is 3.62. The minimum Gasteiger partial charge on any atom is -0.506 e. The van der Waals surface area contributed by atoms with E-state index in [4.69, 9.17) is 0 Å². The molecule has 2 aromatic heterocycles. The number of hydrogen-bond acceptors (Lipinski definition) is 8. The largest absolute Gasteiger partial charge is 0.506 e. The molecule has 0 aliphatic heterocycles. The summed E-state index contributed by atoms with van der Waals surface area (Å²) in [5, 5.41) is 34.0. The predicted molar refractivity (Wildman–Crippen MR) is 108 cm³/mol. The van der Waals surface area contributed by atoms with Gasteiger partial charge in [-0.15, -0.1) is 10.2 Å². The summed E-state index contributed by atoms with van der Waals surface area (Å²) in [5.74, 6) is -1.54. The molecule has 0 radical (unpaired) electrons. The third-order valence-electron chi connectivity index (χ3n) is 4.19. The van der Waals surface area contributed by atoms with Crippen LogP contribution in [0.1, 0.15) is 17.3 Å². The molecule has 8 nitrogen and oxygen atoms in total. The Kier molecular flexibility index (Phi) is 4.58. The second-order valence-electron chi connectivity index (χ2n) is 5.92. The van der Waals surface area contributed by atoms with Crippen LogP contribution in [0.4, 0.5) is 16.4 Å². The number of nitrogens with one attached hydrogen (secondary N) is 1. The molecule has 0 unspecified atom stereocenters. The molecule has 0 spiro atoms. The topological polar surface area (TPSA) is 120 Å². The third-order valence-corrected chi connectivity index (χ3v) is 4.93. The number of aromatic carboxylic acids is 1. The van der Waals surface area contributed by atoms with Gasteiger partial charge in [-0.1, -0.05) is 12.1 Å². The lowest BCUT2D eigenvalue weighted by atomic mass is 10.0. The molecule has 0 aliphatic carbocycles. The first-order chi connectivity index (χ1) is 13.6. The molecule has 0 fully saturated rings. The number of benzene rings is 2. The molecule has 4 aromatic rings. The van der Waals surface area contributed by atoms with Gasteiger partial charge in [0, 0.05) is 29.2 Å². The molecular formula is C19H15N5O3S. The summed E-state index contributed by atoms with van der Waals surface area (Å²) in [6, 6.07) is 10.2. The van der Waals surface area contributed by atoms with Crippen LogP contribution in [0, 0.1) is 0 Å². The number of nitrogens with zero attached hydrogens (tertiary/aromatic N) is 4. The predicted octanol–water partition coefficient (Wildman–Crippen LogP) is 5.10. The van der Waals surface area contributed by atoms with Crippen LogP contribution < -0.4 is 5.32 Å². The van der Waals surface area contributed by atoms with E-state index in [1.54, 1.807) is 24.4 Å². The van der Waals surface area contributed by atoms with Crippen molar-refractivity contribution in [3.63, 3.8) is 0 Å². The Morgan fingerprint density at radius 3 is 2.82 bits per heavy atom. The average Bonchev–Trinajstić information content (AvgIpc) is 3.11. The van der Waals surface area contributed by atoms with E-state index < -0.39 is 5.97 Å². The molecule has 4 rings (SSSR count). The summed E-state index contributed by atoms with van der Waals surface area (Å²) < 4.78 is 4.23. The zero-order valence-corrected chi connectivity index (χ0v) is 15.6. The first kappa shape index (κ1) is 17.8. The summed E-state index contributed by atoms with van der Waals surface area (Å²) in [6.45, 7) is 2.60. The lowest BCUT2D eigenvalue weighted by molar-refractivity contribution is 0.0694. The molecule has 3 N–H and O–H groups in total. The number of carboxylic acid groups (broad SMARTS) is 1. The number of phenols is 1. The van der Waals surface area contributed by atoms with Gasteiger partial charge in [0.1, 0.15) is 11.3 Å². The van der Waals surface area contributed by atoms with Crippen LogP contribution in [0.3, 0.4) is 0 Å². The molecule has 0 amide bonds. The highest BCUT2D eigenvalue weighted by Gasteiger charge is 2.18. The van der Waals surface area contributed by atoms with E-state index in [0.29, 0.717) is 33.7 Å². The third kappa shape index (κ3) is 3.01. The molecule has 0 saturated heterocycles. The van der Waals surface area contributed by atoms with Crippen molar-refractivity contribution in [3.8, 4) is 5.75 Å². The van der Waals surface area contributed by atoms with Crippen LogP contribution in [0.15, 0.2) is 52.8 Å². The second kappa shape index (κ2) is 7.20. The van der Waals surface area contributed by atoms with Gasteiger partial charge in [-0.05, 0) is 42.7 Å². The molecule has 0 atom stereocenters. The van der Waals surface area contributed by atoms with Crippen LogP contribution in [0.25, 0.3) is 21.8 Å². The minimum absolute atomic E-state index is 0.231. The van der Waals surface area contributed by atoms with Crippen molar-refractivity contribution in [2.24, 2.45) is 10.2 Å². The smallest absolute Gasteiger partial charge is 0.339 e. The molecule has 2 heterocycles. The maximum atomic E-state index is 11.6. The molecule has 140 valence electrons. The highest BCUT2D eigenvalue weighted by Crippen LogP contribution is 2.41.